The van der Waals surface area contributed by atoms with Gasteiger partial charge < -0.3 is 4.90 Å². The van der Waals surface area contributed by atoms with Gasteiger partial charge in [0.05, 0.1) is 22.4 Å². The number of carbonyl (C=O) groups excluding carboxylic acids is 1. The van der Waals surface area contributed by atoms with Crippen LogP contribution in [0.25, 0.3) is 11.0 Å². The van der Waals surface area contributed by atoms with Crippen LogP contribution >= 0.6 is 0 Å². The zero-order valence-corrected chi connectivity index (χ0v) is 13.9. The van der Waals surface area contributed by atoms with Gasteiger partial charge in [0.2, 0.25) is 0 Å². The minimum absolute atomic E-state index is 0.0316. The van der Waals surface area contributed by atoms with Crippen LogP contribution in [0.15, 0.2) is 42.5 Å². The molecule has 4 nitrogen and oxygen atoms in total. The Morgan fingerprint density at radius 1 is 1.00 bits per heavy atom. The third-order valence-electron chi connectivity index (χ3n) is 4.68. The van der Waals surface area contributed by atoms with E-state index < -0.39 is 0 Å². The predicted molar refractivity (Wildman–Crippen MR) is 95.5 cm³/mol. The van der Waals surface area contributed by atoms with E-state index in [4.69, 9.17) is 0 Å². The van der Waals surface area contributed by atoms with Crippen LogP contribution in [-0.2, 0) is 6.42 Å². The molecule has 0 unspecified atom stereocenters. The molecule has 0 bridgehead atoms. The van der Waals surface area contributed by atoms with E-state index in [1.807, 2.05) is 55.1 Å². The molecule has 4 rings (SSSR count). The first-order valence-corrected chi connectivity index (χ1v) is 8.28. The Kier molecular flexibility index (Phi) is 3.53. The summed E-state index contributed by atoms with van der Waals surface area (Å²) in [7, 11) is 0. The van der Waals surface area contributed by atoms with Crippen molar-refractivity contribution in [2.45, 2.75) is 26.7 Å². The van der Waals surface area contributed by atoms with E-state index in [-0.39, 0.29) is 5.91 Å². The van der Waals surface area contributed by atoms with Crippen molar-refractivity contribution in [3.8, 4) is 0 Å². The van der Waals surface area contributed by atoms with Gasteiger partial charge in [0.15, 0.2) is 0 Å². The lowest BCUT2D eigenvalue weighted by molar-refractivity contribution is 0.0985. The largest absolute Gasteiger partial charge is 0.308 e. The zero-order chi connectivity index (χ0) is 16.7. The third kappa shape index (κ3) is 2.44. The maximum atomic E-state index is 13.0. The molecule has 0 atom stereocenters. The first-order valence-electron chi connectivity index (χ1n) is 8.28. The lowest BCUT2D eigenvalue weighted by Crippen LogP contribution is -2.35. The molecule has 0 aliphatic carbocycles. The Bertz CT molecular complexity index is 949. The molecule has 24 heavy (non-hydrogen) atoms. The van der Waals surface area contributed by atoms with Crippen molar-refractivity contribution in [3.63, 3.8) is 0 Å². The number of benzene rings is 2. The lowest BCUT2D eigenvalue weighted by atomic mass is 10.0. The van der Waals surface area contributed by atoms with Crippen molar-refractivity contribution >= 4 is 22.6 Å². The van der Waals surface area contributed by atoms with E-state index in [0.717, 1.165) is 47.5 Å². The summed E-state index contributed by atoms with van der Waals surface area (Å²) in [5.74, 6) is 0.0316. The van der Waals surface area contributed by atoms with E-state index in [1.165, 1.54) is 5.56 Å². The van der Waals surface area contributed by atoms with Gasteiger partial charge in [-0.05, 0) is 56.5 Å². The van der Waals surface area contributed by atoms with Gasteiger partial charge in [-0.3, -0.25) is 4.79 Å². The lowest BCUT2D eigenvalue weighted by Gasteiger charge is -2.29. The minimum Gasteiger partial charge on any atom is -0.308 e. The fraction of sp³-hybridized carbons (Fsp3) is 0.250. The molecule has 0 spiro atoms. The monoisotopic (exact) mass is 317 g/mol. The maximum Gasteiger partial charge on any atom is 0.258 e. The van der Waals surface area contributed by atoms with E-state index >= 15 is 0 Å². The number of nitrogens with zero attached hydrogens (tertiary/aromatic N) is 3. The molecule has 1 aromatic heterocycles. The molecule has 3 aromatic rings. The number of para-hydroxylation sites is 1. The number of fused-ring (bicyclic) bond motifs is 2. The quantitative estimate of drug-likeness (QED) is 0.685. The number of amides is 1. The Balaban J connectivity index is 1.75. The maximum absolute atomic E-state index is 13.0. The SMILES string of the molecule is Cc1nc2ccc(C(=O)N3CCCc4ccccc43)cc2nc1C. The van der Waals surface area contributed by atoms with Crippen LogP contribution in [0.5, 0.6) is 0 Å². The Morgan fingerprint density at radius 2 is 1.75 bits per heavy atom. The molecule has 120 valence electrons. The van der Waals surface area contributed by atoms with Crippen LogP contribution in [0.1, 0.15) is 33.7 Å². The number of hydrogen-bond acceptors (Lipinski definition) is 3. The van der Waals surface area contributed by atoms with Gasteiger partial charge in [-0.25, -0.2) is 9.97 Å². The molecule has 2 aromatic carbocycles. The second kappa shape index (κ2) is 5.71. The third-order valence-corrected chi connectivity index (χ3v) is 4.68. The average Bonchev–Trinajstić information content (AvgIpc) is 2.61. The second-order valence-electron chi connectivity index (χ2n) is 6.29. The van der Waals surface area contributed by atoms with Crippen molar-refractivity contribution < 1.29 is 4.79 Å². The number of rotatable bonds is 1. The molecular formula is C20H19N3O. The Morgan fingerprint density at radius 3 is 2.58 bits per heavy atom. The topological polar surface area (TPSA) is 46.1 Å². The van der Waals surface area contributed by atoms with Gasteiger partial charge in [0.1, 0.15) is 0 Å². The van der Waals surface area contributed by atoms with Crippen LogP contribution in [0, 0.1) is 13.8 Å². The van der Waals surface area contributed by atoms with E-state index in [9.17, 15) is 4.79 Å². The number of hydrogen-bond donors (Lipinski definition) is 0. The highest BCUT2D eigenvalue weighted by molar-refractivity contribution is 6.08. The van der Waals surface area contributed by atoms with Crippen molar-refractivity contribution in [2.24, 2.45) is 0 Å². The highest BCUT2D eigenvalue weighted by atomic mass is 16.2. The smallest absolute Gasteiger partial charge is 0.258 e. The summed E-state index contributed by atoms with van der Waals surface area (Å²) in [5.41, 5.74) is 6.35. The van der Waals surface area contributed by atoms with Crippen molar-refractivity contribution in [3.05, 3.63) is 65.0 Å². The van der Waals surface area contributed by atoms with Crippen LogP contribution < -0.4 is 4.90 Å². The second-order valence-corrected chi connectivity index (χ2v) is 6.29. The summed E-state index contributed by atoms with van der Waals surface area (Å²) in [6, 6.07) is 13.7. The van der Waals surface area contributed by atoms with Gasteiger partial charge in [0.25, 0.3) is 5.91 Å². The van der Waals surface area contributed by atoms with Gasteiger partial charge in [0, 0.05) is 17.8 Å². The summed E-state index contributed by atoms with van der Waals surface area (Å²) in [5, 5.41) is 0. The molecule has 0 saturated heterocycles. The summed E-state index contributed by atoms with van der Waals surface area (Å²) < 4.78 is 0. The molecule has 1 amide bonds. The number of aromatic nitrogens is 2. The van der Waals surface area contributed by atoms with Crippen molar-refractivity contribution in [1.82, 2.24) is 9.97 Å². The van der Waals surface area contributed by atoms with E-state index in [2.05, 4.69) is 16.0 Å². The van der Waals surface area contributed by atoms with Gasteiger partial charge in [-0.1, -0.05) is 18.2 Å². The van der Waals surface area contributed by atoms with Gasteiger partial charge in [-0.15, -0.1) is 0 Å². The first kappa shape index (κ1) is 14.8. The molecule has 2 heterocycles. The average molecular weight is 317 g/mol. The first-order chi connectivity index (χ1) is 11.6. The van der Waals surface area contributed by atoms with Gasteiger partial charge in [-0.2, -0.15) is 0 Å². The standard InChI is InChI=1S/C20H19N3O/c1-13-14(2)22-18-12-16(9-10-17(18)21-13)20(24)23-11-5-7-15-6-3-4-8-19(15)23/h3-4,6,8-10,12H,5,7,11H2,1-2H3. The van der Waals surface area contributed by atoms with Crippen LogP contribution in [0.3, 0.4) is 0 Å². The predicted octanol–water partition coefficient (Wildman–Crippen LogP) is 3.84. The summed E-state index contributed by atoms with van der Waals surface area (Å²) in [6.07, 6.45) is 2.02. The molecule has 1 aliphatic rings. The fourth-order valence-corrected chi connectivity index (χ4v) is 3.26. The highest BCUT2D eigenvalue weighted by Crippen LogP contribution is 2.28. The number of carbonyl (C=O) groups is 1. The van der Waals surface area contributed by atoms with Crippen LogP contribution in [0.4, 0.5) is 5.69 Å². The molecule has 1 aliphatic heterocycles. The summed E-state index contributed by atoms with van der Waals surface area (Å²) in [4.78, 5) is 24.0. The summed E-state index contributed by atoms with van der Waals surface area (Å²) >= 11 is 0. The molecule has 0 fully saturated rings. The zero-order valence-electron chi connectivity index (χ0n) is 13.9. The normalized spacial score (nSPS) is 13.8. The van der Waals surface area contributed by atoms with Crippen LogP contribution in [-0.4, -0.2) is 22.4 Å². The number of anilines is 1. The number of aryl methyl sites for hydroxylation is 3. The Labute approximate surface area is 141 Å². The molecular weight excluding hydrogens is 298 g/mol. The molecule has 0 saturated carbocycles. The Hall–Kier alpha value is -2.75. The highest BCUT2D eigenvalue weighted by Gasteiger charge is 2.23. The van der Waals surface area contributed by atoms with E-state index in [1.54, 1.807) is 0 Å². The minimum atomic E-state index is 0.0316. The molecule has 0 radical (unpaired) electrons. The van der Waals surface area contributed by atoms with Gasteiger partial charge >= 0.3 is 0 Å². The van der Waals surface area contributed by atoms with Crippen LogP contribution in [0.2, 0.25) is 0 Å². The van der Waals surface area contributed by atoms with Crippen molar-refractivity contribution in [2.75, 3.05) is 11.4 Å². The van der Waals surface area contributed by atoms with Crippen molar-refractivity contribution in [1.29, 1.82) is 0 Å². The summed E-state index contributed by atoms with van der Waals surface area (Å²) in [6.45, 7) is 4.65. The molecule has 0 N–H and O–H groups in total. The van der Waals surface area contributed by atoms with E-state index in [0.29, 0.717) is 5.56 Å². The molecule has 4 heteroatoms. The fourth-order valence-electron chi connectivity index (χ4n) is 3.26.